The highest BCUT2D eigenvalue weighted by Gasteiger charge is 2.32. The molecule has 150 valence electrons. The maximum Gasteiger partial charge on any atom is 0.275 e. The van der Waals surface area contributed by atoms with Crippen molar-refractivity contribution in [1.29, 1.82) is 0 Å². The summed E-state index contributed by atoms with van der Waals surface area (Å²) in [7, 11) is 0. The van der Waals surface area contributed by atoms with Gasteiger partial charge in [0.2, 0.25) is 0 Å². The van der Waals surface area contributed by atoms with Crippen LogP contribution >= 0.6 is 0 Å². The molecule has 2 amide bonds. The average molecular weight is 406 g/mol. The third-order valence-corrected chi connectivity index (χ3v) is 4.52. The van der Waals surface area contributed by atoms with Crippen molar-refractivity contribution in [1.82, 2.24) is 9.88 Å². The number of hydrogen-bond donors (Lipinski definition) is 2. The third-order valence-electron chi connectivity index (χ3n) is 4.52. The molecule has 0 saturated heterocycles. The Morgan fingerprint density at radius 2 is 1.80 bits per heavy atom. The number of nitrogens with one attached hydrogen (secondary N) is 1. The van der Waals surface area contributed by atoms with E-state index in [1.54, 1.807) is 18.2 Å². The molecule has 0 atom stereocenters. The Morgan fingerprint density at radius 1 is 1.03 bits per heavy atom. The Kier molecular flexibility index (Phi) is 4.31. The Balaban J connectivity index is 1.89. The molecule has 30 heavy (non-hydrogen) atoms. The van der Waals surface area contributed by atoms with E-state index in [9.17, 15) is 24.5 Å². The molecule has 2 aromatic carbocycles. The molecule has 0 aliphatic carbocycles. The smallest absolute Gasteiger partial charge is 0.275 e. The quantitative estimate of drug-likeness (QED) is 0.384. The summed E-state index contributed by atoms with van der Waals surface area (Å²) in [6.45, 7) is 1.86. The third kappa shape index (κ3) is 3.15. The number of carbonyl (C=O) groups is 2. The molecule has 0 bridgehead atoms. The largest absolute Gasteiger partial charge is 0.457 e. The van der Waals surface area contributed by atoms with Gasteiger partial charge in [0, 0.05) is 18.2 Å². The van der Waals surface area contributed by atoms with E-state index < -0.39 is 22.3 Å². The van der Waals surface area contributed by atoms with Gasteiger partial charge < -0.3 is 10.5 Å². The molecular formula is C20H14N4O6. The maximum absolute atomic E-state index is 12.6. The molecule has 10 nitrogen and oxygen atoms in total. The Labute approximate surface area is 168 Å². The van der Waals surface area contributed by atoms with Crippen molar-refractivity contribution < 1.29 is 19.2 Å². The molecule has 0 fully saturated rings. The normalized spacial score (nSPS) is 12.4. The van der Waals surface area contributed by atoms with E-state index in [0.717, 1.165) is 22.3 Å². The van der Waals surface area contributed by atoms with E-state index in [4.69, 9.17) is 10.5 Å². The standard InChI is InChI=1S/C20H14N4O6/c1-10-3-2-4-13(5-10)30-14-7-11(6-12(8-14)24(28)29)23-16(25)9-15-17(18(23)21)20(27)22-19(15)26/h2-9H,21H2,1H3,(H,22,26,27). The van der Waals surface area contributed by atoms with Crippen LogP contribution in [0.3, 0.4) is 0 Å². The number of nitro groups is 1. The predicted octanol–water partition coefficient (Wildman–Crippen LogP) is 2.31. The Bertz CT molecular complexity index is 1310. The van der Waals surface area contributed by atoms with Gasteiger partial charge in [-0.2, -0.15) is 0 Å². The number of anilines is 1. The lowest BCUT2D eigenvalue weighted by Gasteiger charge is -2.13. The molecule has 1 aliphatic rings. The van der Waals surface area contributed by atoms with Gasteiger partial charge >= 0.3 is 0 Å². The number of non-ortho nitro benzene ring substituents is 1. The fourth-order valence-corrected chi connectivity index (χ4v) is 3.22. The van der Waals surface area contributed by atoms with Crippen molar-refractivity contribution in [2.45, 2.75) is 6.92 Å². The van der Waals surface area contributed by atoms with Gasteiger partial charge in [-0.1, -0.05) is 12.1 Å². The number of pyridine rings is 1. The summed E-state index contributed by atoms with van der Waals surface area (Å²) in [5, 5.41) is 13.5. The molecule has 3 N–H and O–H groups in total. The van der Waals surface area contributed by atoms with Crippen LogP contribution in [-0.4, -0.2) is 21.3 Å². The van der Waals surface area contributed by atoms with Crippen LogP contribution < -0.4 is 21.3 Å². The van der Waals surface area contributed by atoms with Crippen molar-refractivity contribution in [3.05, 3.63) is 85.7 Å². The number of benzene rings is 2. The number of nitrogens with zero attached hydrogens (tertiary/aromatic N) is 2. The van der Waals surface area contributed by atoms with Crippen LogP contribution in [0.2, 0.25) is 0 Å². The number of fused-ring (bicyclic) bond motifs is 1. The second kappa shape index (κ2) is 6.85. The zero-order valence-electron chi connectivity index (χ0n) is 15.5. The molecule has 0 spiro atoms. The van der Waals surface area contributed by atoms with E-state index >= 15 is 0 Å². The number of nitro benzene ring substituents is 1. The number of nitrogens with two attached hydrogens (primary N) is 1. The van der Waals surface area contributed by atoms with Crippen LogP contribution in [0.25, 0.3) is 5.69 Å². The van der Waals surface area contributed by atoms with E-state index in [1.165, 1.54) is 12.1 Å². The molecule has 0 unspecified atom stereocenters. The Morgan fingerprint density at radius 3 is 2.50 bits per heavy atom. The van der Waals surface area contributed by atoms with E-state index in [1.807, 2.05) is 13.0 Å². The summed E-state index contributed by atoms with van der Waals surface area (Å²) in [5.74, 6) is -1.24. The number of hydrogen-bond acceptors (Lipinski definition) is 7. The van der Waals surface area contributed by atoms with Crippen LogP contribution in [0.4, 0.5) is 11.5 Å². The summed E-state index contributed by atoms with van der Waals surface area (Å²) < 4.78 is 6.65. The van der Waals surface area contributed by atoms with Crippen molar-refractivity contribution >= 4 is 23.3 Å². The first-order chi connectivity index (χ1) is 14.2. The number of nitrogen functional groups attached to an aromatic ring is 1. The highest BCUT2D eigenvalue weighted by Crippen LogP contribution is 2.31. The predicted molar refractivity (Wildman–Crippen MR) is 106 cm³/mol. The van der Waals surface area contributed by atoms with E-state index in [0.29, 0.717) is 5.75 Å². The fraction of sp³-hybridized carbons (Fsp3) is 0.0500. The first kappa shape index (κ1) is 18.9. The Hall–Kier alpha value is -4.47. The lowest BCUT2D eigenvalue weighted by molar-refractivity contribution is -0.384. The lowest BCUT2D eigenvalue weighted by Crippen LogP contribution is -2.24. The van der Waals surface area contributed by atoms with Crippen LogP contribution in [0.5, 0.6) is 11.5 Å². The zero-order valence-corrected chi connectivity index (χ0v) is 15.5. The number of amides is 2. The summed E-state index contributed by atoms with van der Waals surface area (Å²) in [6, 6.07) is 11.7. The van der Waals surface area contributed by atoms with Crippen LogP contribution in [0.15, 0.2) is 53.3 Å². The van der Waals surface area contributed by atoms with Crippen molar-refractivity contribution in [3.63, 3.8) is 0 Å². The lowest BCUT2D eigenvalue weighted by atomic mass is 10.1. The van der Waals surface area contributed by atoms with Gasteiger partial charge in [0.25, 0.3) is 23.1 Å². The van der Waals surface area contributed by atoms with Crippen LogP contribution in [0.1, 0.15) is 26.3 Å². The van der Waals surface area contributed by atoms with Crippen LogP contribution in [-0.2, 0) is 0 Å². The summed E-state index contributed by atoms with van der Waals surface area (Å²) in [5.41, 5.74) is 5.58. The molecule has 0 saturated carbocycles. The first-order valence-corrected chi connectivity index (χ1v) is 8.70. The van der Waals surface area contributed by atoms with Crippen molar-refractivity contribution in [2.24, 2.45) is 0 Å². The minimum Gasteiger partial charge on any atom is -0.457 e. The zero-order chi connectivity index (χ0) is 21.6. The minimum atomic E-state index is -0.747. The number of rotatable bonds is 4. The van der Waals surface area contributed by atoms with Gasteiger partial charge in [-0.25, -0.2) is 0 Å². The van der Waals surface area contributed by atoms with Crippen molar-refractivity contribution in [2.75, 3.05) is 5.73 Å². The number of aryl methyl sites for hydroxylation is 1. The topological polar surface area (TPSA) is 147 Å². The molecule has 4 rings (SSSR count). The average Bonchev–Trinajstić information content (AvgIpc) is 2.95. The van der Waals surface area contributed by atoms with Gasteiger partial charge in [-0.3, -0.25) is 34.4 Å². The molecule has 10 heteroatoms. The number of imide groups is 1. The van der Waals surface area contributed by atoms with Crippen molar-refractivity contribution in [3.8, 4) is 17.2 Å². The summed E-state index contributed by atoms with van der Waals surface area (Å²) in [4.78, 5) is 47.3. The highest BCUT2D eigenvalue weighted by molar-refractivity contribution is 6.23. The van der Waals surface area contributed by atoms with Gasteiger partial charge in [0.1, 0.15) is 17.3 Å². The molecule has 2 heterocycles. The SMILES string of the molecule is Cc1cccc(Oc2cc(-n3c(N)c4c(cc3=O)C(=O)NC4=O)cc([N+](=O)[O-])c2)c1. The molecule has 1 aliphatic heterocycles. The molecule has 3 aromatic rings. The first-order valence-electron chi connectivity index (χ1n) is 8.70. The number of aromatic nitrogens is 1. The number of ether oxygens (including phenoxy) is 1. The van der Waals surface area contributed by atoms with E-state index in [-0.39, 0.29) is 34.1 Å². The maximum atomic E-state index is 12.6. The van der Waals surface area contributed by atoms with Gasteiger partial charge in [0.05, 0.1) is 27.8 Å². The fourth-order valence-electron chi connectivity index (χ4n) is 3.22. The summed E-state index contributed by atoms with van der Waals surface area (Å²) in [6.07, 6.45) is 0. The van der Waals surface area contributed by atoms with E-state index in [2.05, 4.69) is 5.32 Å². The van der Waals surface area contributed by atoms with Crippen LogP contribution in [0, 0.1) is 17.0 Å². The molecule has 0 radical (unpaired) electrons. The molecular weight excluding hydrogens is 392 g/mol. The second-order valence-electron chi connectivity index (χ2n) is 6.64. The molecule has 1 aromatic heterocycles. The van der Waals surface area contributed by atoms with Gasteiger partial charge in [-0.15, -0.1) is 0 Å². The summed E-state index contributed by atoms with van der Waals surface area (Å²) >= 11 is 0. The highest BCUT2D eigenvalue weighted by atomic mass is 16.6. The monoisotopic (exact) mass is 406 g/mol. The second-order valence-corrected chi connectivity index (χ2v) is 6.64. The van der Waals surface area contributed by atoms with Gasteiger partial charge in [0.15, 0.2) is 0 Å². The number of carbonyl (C=O) groups excluding carboxylic acids is 2. The minimum absolute atomic E-state index is 0.0179. The van der Waals surface area contributed by atoms with Gasteiger partial charge in [-0.05, 0) is 24.6 Å².